The summed E-state index contributed by atoms with van der Waals surface area (Å²) in [5.74, 6) is 1.34. The van der Waals surface area contributed by atoms with Crippen LogP contribution in [0.15, 0.2) is 91.1 Å². The number of aromatic nitrogens is 2. The molecule has 1 aromatic heterocycles. The van der Waals surface area contributed by atoms with Crippen LogP contribution in [0.25, 0.3) is 11.4 Å². The third-order valence-electron chi connectivity index (χ3n) is 6.69. The number of nitrogens with zero attached hydrogens (tertiary/aromatic N) is 3. The maximum absolute atomic E-state index is 13.2. The maximum Gasteiger partial charge on any atom is 0.256 e. The minimum Gasteiger partial charge on any atom is -0.356 e. The molecule has 1 N–H and O–H groups in total. The zero-order valence-corrected chi connectivity index (χ0v) is 20.1. The first-order valence-electron chi connectivity index (χ1n) is 12.4. The summed E-state index contributed by atoms with van der Waals surface area (Å²) in [6, 6.07) is 26.5. The number of hydrogen-bond acceptors (Lipinski definition) is 4. The number of carbonyl (C=O) groups is 1. The summed E-state index contributed by atoms with van der Waals surface area (Å²) in [6.07, 6.45) is 4.77. The lowest BCUT2D eigenvalue weighted by molar-refractivity contribution is 0.0950. The lowest BCUT2D eigenvalue weighted by Gasteiger charge is -2.34. The number of carbonyl (C=O) groups excluding carboxylic acids is 1. The summed E-state index contributed by atoms with van der Waals surface area (Å²) in [5.41, 5.74) is 3.56. The molecule has 0 saturated carbocycles. The smallest absolute Gasteiger partial charge is 0.256 e. The van der Waals surface area contributed by atoms with E-state index in [1.807, 2.05) is 36.4 Å². The van der Waals surface area contributed by atoms with E-state index in [2.05, 4.69) is 39.5 Å². The van der Waals surface area contributed by atoms with Gasteiger partial charge in [0.15, 0.2) is 5.82 Å². The van der Waals surface area contributed by atoms with Crippen LogP contribution in [-0.2, 0) is 13.0 Å². The summed E-state index contributed by atoms with van der Waals surface area (Å²) in [4.78, 5) is 24.8. The molecule has 5 rings (SSSR count). The van der Waals surface area contributed by atoms with Crippen LogP contribution in [0, 0.1) is 11.7 Å². The standard InChI is InChI=1S/C30H29FN4O/c31-26-13-11-24(12-14-26)20-33-30(36)27-21-32-28(25-9-5-2-6-10-25)34-29(27)35-17-15-23(16-18-35)19-22-7-3-1-4-8-22/h1-14,21,23H,15-20H2,(H,33,36). The zero-order chi connectivity index (χ0) is 24.7. The molecule has 36 heavy (non-hydrogen) atoms. The van der Waals surface area contributed by atoms with Gasteiger partial charge in [-0.25, -0.2) is 14.4 Å². The summed E-state index contributed by atoms with van der Waals surface area (Å²) in [5, 5.41) is 2.95. The van der Waals surface area contributed by atoms with Gasteiger partial charge >= 0.3 is 0 Å². The van der Waals surface area contributed by atoms with E-state index in [4.69, 9.17) is 4.98 Å². The molecule has 0 unspecified atom stereocenters. The predicted octanol–water partition coefficient (Wildman–Crippen LogP) is 5.67. The Morgan fingerprint density at radius 3 is 2.25 bits per heavy atom. The van der Waals surface area contributed by atoms with Crippen molar-refractivity contribution in [2.75, 3.05) is 18.0 Å². The molecule has 1 amide bonds. The highest BCUT2D eigenvalue weighted by atomic mass is 19.1. The Hall–Kier alpha value is -4.06. The molecule has 0 atom stereocenters. The summed E-state index contributed by atoms with van der Waals surface area (Å²) < 4.78 is 13.2. The van der Waals surface area contributed by atoms with Crippen LogP contribution in [0.5, 0.6) is 0 Å². The zero-order valence-electron chi connectivity index (χ0n) is 20.1. The van der Waals surface area contributed by atoms with Gasteiger partial charge in [-0.15, -0.1) is 0 Å². The van der Waals surface area contributed by atoms with Crippen LogP contribution in [-0.4, -0.2) is 29.0 Å². The van der Waals surface area contributed by atoms with Crippen molar-refractivity contribution >= 4 is 11.7 Å². The Labute approximate surface area is 211 Å². The van der Waals surface area contributed by atoms with Crippen molar-refractivity contribution in [3.05, 3.63) is 114 Å². The molecule has 1 saturated heterocycles. The monoisotopic (exact) mass is 480 g/mol. The van der Waals surface area contributed by atoms with Gasteiger partial charge in [-0.1, -0.05) is 72.8 Å². The van der Waals surface area contributed by atoms with Crippen molar-refractivity contribution in [1.82, 2.24) is 15.3 Å². The van der Waals surface area contributed by atoms with Crippen molar-refractivity contribution in [2.24, 2.45) is 5.92 Å². The van der Waals surface area contributed by atoms with Gasteiger partial charge in [0.05, 0.1) is 0 Å². The van der Waals surface area contributed by atoms with Gasteiger partial charge in [-0.2, -0.15) is 0 Å². The fourth-order valence-electron chi connectivity index (χ4n) is 4.68. The number of piperidine rings is 1. The molecule has 1 fully saturated rings. The number of amides is 1. The van der Waals surface area contributed by atoms with Crippen LogP contribution in [0.3, 0.4) is 0 Å². The first-order valence-corrected chi connectivity index (χ1v) is 12.4. The van der Waals surface area contributed by atoms with Gasteiger partial charge < -0.3 is 10.2 Å². The lowest BCUT2D eigenvalue weighted by Crippen LogP contribution is -2.37. The molecule has 5 nitrogen and oxygen atoms in total. The number of nitrogens with one attached hydrogen (secondary N) is 1. The van der Waals surface area contributed by atoms with Gasteiger partial charge in [0, 0.05) is 31.4 Å². The number of hydrogen-bond donors (Lipinski definition) is 1. The molecule has 4 aromatic rings. The van der Waals surface area contributed by atoms with E-state index in [-0.39, 0.29) is 11.7 Å². The van der Waals surface area contributed by atoms with E-state index in [1.165, 1.54) is 17.7 Å². The highest BCUT2D eigenvalue weighted by Crippen LogP contribution is 2.28. The van der Waals surface area contributed by atoms with Crippen molar-refractivity contribution in [2.45, 2.75) is 25.8 Å². The fourth-order valence-corrected chi connectivity index (χ4v) is 4.68. The molecular formula is C30H29FN4O. The average molecular weight is 481 g/mol. The molecule has 0 bridgehead atoms. The molecule has 2 heterocycles. The second-order valence-electron chi connectivity index (χ2n) is 9.23. The van der Waals surface area contributed by atoms with Gasteiger partial charge in [0.25, 0.3) is 5.91 Å². The van der Waals surface area contributed by atoms with E-state index in [1.54, 1.807) is 18.3 Å². The first-order chi connectivity index (χ1) is 17.7. The normalized spacial score (nSPS) is 14.0. The van der Waals surface area contributed by atoms with E-state index >= 15 is 0 Å². The summed E-state index contributed by atoms with van der Waals surface area (Å²) in [6.45, 7) is 1.97. The summed E-state index contributed by atoms with van der Waals surface area (Å²) in [7, 11) is 0. The number of anilines is 1. The maximum atomic E-state index is 13.2. The first kappa shape index (κ1) is 23.7. The Morgan fingerprint density at radius 1 is 0.889 bits per heavy atom. The Morgan fingerprint density at radius 2 is 1.56 bits per heavy atom. The molecule has 182 valence electrons. The average Bonchev–Trinajstić information content (AvgIpc) is 2.94. The second-order valence-corrected chi connectivity index (χ2v) is 9.23. The molecule has 1 aliphatic rings. The predicted molar refractivity (Wildman–Crippen MR) is 140 cm³/mol. The Balaban J connectivity index is 1.34. The van der Waals surface area contributed by atoms with Gasteiger partial charge in [-0.05, 0) is 48.4 Å². The van der Waals surface area contributed by atoms with Gasteiger partial charge in [-0.3, -0.25) is 4.79 Å². The van der Waals surface area contributed by atoms with Crippen LogP contribution in [0.1, 0.15) is 34.3 Å². The minimum absolute atomic E-state index is 0.236. The lowest BCUT2D eigenvalue weighted by atomic mass is 9.90. The fraction of sp³-hybridized carbons (Fsp3) is 0.233. The van der Waals surface area contributed by atoms with E-state index < -0.39 is 0 Å². The van der Waals surface area contributed by atoms with Crippen molar-refractivity contribution in [3.8, 4) is 11.4 Å². The highest BCUT2D eigenvalue weighted by Gasteiger charge is 2.25. The van der Waals surface area contributed by atoms with E-state index in [9.17, 15) is 9.18 Å². The third kappa shape index (κ3) is 5.77. The van der Waals surface area contributed by atoms with Crippen molar-refractivity contribution in [1.29, 1.82) is 0 Å². The van der Waals surface area contributed by atoms with Crippen LogP contribution < -0.4 is 10.2 Å². The number of benzene rings is 3. The number of rotatable bonds is 7. The molecule has 0 aliphatic carbocycles. The number of halogens is 1. The Kier molecular flexibility index (Phi) is 7.31. The third-order valence-corrected chi connectivity index (χ3v) is 6.69. The Bertz CT molecular complexity index is 1290. The minimum atomic E-state index is -0.298. The van der Waals surface area contributed by atoms with Gasteiger partial charge in [0.1, 0.15) is 17.2 Å². The molecule has 3 aromatic carbocycles. The van der Waals surface area contributed by atoms with Gasteiger partial charge in [0.2, 0.25) is 0 Å². The summed E-state index contributed by atoms with van der Waals surface area (Å²) >= 11 is 0. The molecule has 0 spiro atoms. The van der Waals surface area contributed by atoms with Crippen LogP contribution in [0.4, 0.5) is 10.2 Å². The molecule has 1 aliphatic heterocycles. The SMILES string of the molecule is O=C(NCc1ccc(F)cc1)c1cnc(-c2ccccc2)nc1N1CCC(Cc2ccccc2)CC1. The van der Waals surface area contributed by atoms with Crippen LogP contribution >= 0.6 is 0 Å². The molecule has 6 heteroatoms. The second kappa shape index (κ2) is 11.1. The van der Waals surface area contributed by atoms with Crippen molar-refractivity contribution < 1.29 is 9.18 Å². The molecular weight excluding hydrogens is 451 g/mol. The highest BCUT2D eigenvalue weighted by molar-refractivity contribution is 5.98. The van der Waals surface area contributed by atoms with Crippen LogP contribution in [0.2, 0.25) is 0 Å². The quantitative estimate of drug-likeness (QED) is 0.370. The molecule has 0 radical (unpaired) electrons. The van der Waals surface area contributed by atoms with E-state index in [0.717, 1.165) is 43.5 Å². The topological polar surface area (TPSA) is 58.1 Å². The van der Waals surface area contributed by atoms with Crippen molar-refractivity contribution in [3.63, 3.8) is 0 Å². The van der Waals surface area contributed by atoms with E-state index in [0.29, 0.717) is 29.7 Å². The largest absolute Gasteiger partial charge is 0.356 e.